The first-order valence-electron chi connectivity index (χ1n) is 17.9. The van der Waals surface area contributed by atoms with Crippen LogP contribution in [0.3, 0.4) is 0 Å². The van der Waals surface area contributed by atoms with Crippen LogP contribution in [0.4, 0.5) is 0 Å². The highest BCUT2D eigenvalue weighted by Crippen LogP contribution is 2.43. The zero-order chi connectivity index (χ0) is 35.1. The molecule has 0 radical (unpaired) electrons. The maximum absolute atomic E-state index is 5.33. The molecular weight excluding hydrogens is 661 g/mol. The largest absolute Gasteiger partial charge is 0.228 e. The molecule has 3 heteroatoms. The maximum Gasteiger partial charge on any atom is 0.160 e. The minimum atomic E-state index is 0.698. The van der Waals surface area contributed by atoms with Crippen molar-refractivity contribution in [3.63, 3.8) is 0 Å². The third kappa shape index (κ3) is 5.78. The fourth-order valence-corrected chi connectivity index (χ4v) is 8.63. The second kappa shape index (κ2) is 13.1. The predicted molar refractivity (Wildman–Crippen MR) is 225 cm³/mol. The third-order valence-corrected chi connectivity index (χ3v) is 11.2. The minimum Gasteiger partial charge on any atom is -0.228 e. The van der Waals surface area contributed by atoms with Crippen LogP contribution in [0.1, 0.15) is 0 Å². The van der Waals surface area contributed by atoms with Crippen molar-refractivity contribution in [2.75, 3.05) is 0 Å². The Balaban J connectivity index is 1.21. The molecule has 0 fully saturated rings. The molecule has 2 heterocycles. The van der Waals surface area contributed by atoms with Crippen LogP contribution in [0.2, 0.25) is 0 Å². The summed E-state index contributed by atoms with van der Waals surface area (Å²) in [7, 11) is 0. The monoisotopic (exact) mass is 692 g/mol. The van der Waals surface area contributed by atoms with E-state index in [9.17, 15) is 0 Å². The molecule has 10 aromatic rings. The number of nitrogens with zero attached hydrogens (tertiary/aromatic N) is 2. The lowest BCUT2D eigenvalue weighted by Crippen LogP contribution is -1.97. The summed E-state index contributed by atoms with van der Waals surface area (Å²) in [4.78, 5) is 10.5. The second-order valence-electron chi connectivity index (χ2n) is 13.4. The zero-order valence-electron chi connectivity index (χ0n) is 28.8. The summed E-state index contributed by atoms with van der Waals surface area (Å²) in [6, 6.07) is 69.3. The van der Waals surface area contributed by atoms with Crippen molar-refractivity contribution in [2.24, 2.45) is 0 Å². The summed E-state index contributed by atoms with van der Waals surface area (Å²) < 4.78 is 2.59. The Morgan fingerprint density at radius 3 is 1.64 bits per heavy atom. The summed E-state index contributed by atoms with van der Waals surface area (Å²) in [5.41, 5.74) is 11.9. The van der Waals surface area contributed by atoms with E-state index in [4.69, 9.17) is 9.97 Å². The maximum atomic E-state index is 5.33. The second-order valence-corrected chi connectivity index (χ2v) is 14.5. The number of benzene rings is 8. The van der Waals surface area contributed by atoms with Crippen LogP contribution >= 0.6 is 11.3 Å². The minimum absolute atomic E-state index is 0.698. The molecule has 53 heavy (non-hydrogen) atoms. The molecule has 0 bridgehead atoms. The van der Waals surface area contributed by atoms with E-state index in [1.807, 2.05) is 23.5 Å². The van der Waals surface area contributed by atoms with Gasteiger partial charge in [-0.3, -0.25) is 0 Å². The molecular formula is C50H32N2S. The molecule has 0 amide bonds. The number of thiophene rings is 1. The molecule has 0 atom stereocenters. The Morgan fingerprint density at radius 2 is 0.849 bits per heavy atom. The van der Waals surface area contributed by atoms with Gasteiger partial charge in [0, 0.05) is 36.9 Å². The Morgan fingerprint density at radius 1 is 0.321 bits per heavy atom. The first-order valence-corrected chi connectivity index (χ1v) is 18.7. The van der Waals surface area contributed by atoms with Gasteiger partial charge in [0.2, 0.25) is 0 Å². The lowest BCUT2D eigenvalue weighted by molar-refractivity contribution is 1.18. The van der Waals surface area contributed by atoms with Crippen molar-refractivity contribution in [2.45, 2.75) is 0 Å². The molecule has 0 spiro atoms. The quantitative estimate of drug-likeness (QED) is 0.173. The van der Waals surface area contributed by atoms with Crippen molar-refractivity contribution in [3.8, 4) is 67.3 Å². The topological polar surface area (TPSA) is 25.8 Å². The molecule has 248 valence electrons. The van der Waals surface area contributed by atoms with Crippen molar-refractivity contribution in [1.29, 1.82) is 0 Å². The van der Waals surface area contributed by atoms with E-state index in [0.717, 1.165) is 44.8 Å². The van der Waals surface area contributed by atoms with Gasteiger partial charge in [0.05, 0.1) is 11.4 Å². The molecule has 8 aromatic carbocycles. The molecule has 2 aromatic heterocycles. The zero-order valence-corrected chi connectivity index (χ0v) is 29.6. The summed E-state index contributed by atoms with van der Waals surface area (Å²) in [5.74, 6) is 0.698. The van der Waals surface area contributed by atoms with Crippen LogP contribution in [-0.2, 0) is 0 Å². The average molecular weight is 693 g/mol. The number of hydrogen-bond acceptors (Lipinski definition) is 3. The molecule has 0 aliphatic carbocycles. The van der Waals surface area contributed by atoms with Crippen molar-refractivity contribution >= 4 is 42.3 Å². The number of hydrogen-bond donors (Lipinski definition) is 0. The van der Waals surface area contributed by atoms with Crippen LogP contribution < -0.4 is 0 Å². The van der Waals surface area contributed by atoms with E-state index in [1.165, 1.54) is 47.6 Å². The molecule has 0 saturated carbocycles. The van der Waals surface area contributed by atoms with Crippen molar-refractivity contribution in [3.05, 3.63) is 194 Å². The summed E-state index contributed by atoms with van der Waals surface area (Å²) >= 11 is 1.85. The van der Waals surface area contributed by atoms with Gasteiger partial charge in [0.25, 0.3) is 0 Å². The van der Waals surface area contributed by atoms with Crippen LogP contribution in [0.15, 0.2) is 194 Å². The Kier molecular flexibility index (Phi) is 7.71. The van der Waals surface area contributed by atoms with E-state index in [1.54, 1.807) is 0 Å². The van der Waals surface area contributed by atoms with Crippen LogP contribution in [0.5, 0.6) is 0 Å². The molecule has 0 aliphatic rings. The first-order chi connectivity index (χ1) is 26.2. The summed E-state index contributed by atoms with van der Waals surface area (Å²) in [6.45, 7) is 0. The van der Waals surface area contributed by atoms with E-state index in [0.29, 0.717) is 5.82 Å². The smallest absolute Gasteiger partial charge is 0.160 e. The first kappa shape index (κ1) is 31.1. The standard InChI is InChI=1S/C50H32N2S/c1-3-13-33(14-4-1)34-25-27-37(28-26-34)50-51-45(36-16-5-2-6-17-36)32-46(52-50)40-30-38(42-21-11-18-35-15-7-8-19-41(35)42)29-39(31-40)43-22-12-24-48-49(43)44-20-9-10-23-47(44)53-48/h1-32H. The van der Waals surface area contributed by atoms with Gasteiger partial charge < -0.3 is 0 Å². The lowest BCUT2D eigenvalue weighted by Gasteiger charge is -2.15. The van der Waals surface area contributed by atoms with Gasteiger partial charge in [-0.2, -0.15) is 0 Å². The van der Waals surface area contributed by atoms with E-state index >= 15 is 0 Å². The molecule has 0 N–H and O–H groups in total. The van der Waals surface area contributed by atoms with E-state index < -0.39 is 0 Å². The number of rotatable bonds is 6. The van der Waals surface area contributed by atoms with E-state index in [-0.39, 0.29) is 0 Å². The predicted octanol–water partition coefficient (Wildman–Crippen LogP) is 14.0. The van der Waals surface area contributed by atoms with Gasteiger partial charge in [0.1, 0.15) is 0 Å². The van der Waals surface area contributed by atoms with Crippen LogP contribution in [0, 0.1) is 0 Å². The van der Waals surface area contributed by atoms with E-state index in [2.05, 4.69) is 182 Å². The van der Waals surface area contributed by atoms with Gasteiger partial charge in [-0.1, -0.05) is 158 Å². The molecule has 0 aliphatic heterocycles. The lowest BCUT2D eigenvalue weighted by atomic mass is 9.91. The van der Waals surface area contributed by atoms with Gasteiger partial charge in [-0.15, -0.1) is 11.3 Å². The SMILES string of the molecule is c1ccc(-c2ccc(-c3nc(-c4ccccc4)cc(-c4cc(-c5cccc6ccccc56)cc(-c5cccc6sc7ccccc7c56)c4)n3)cc2)cc1. The summed E-state index contributed by atoms with van der Waals surface area (Å²) in [6.07, 6.45) is 0. The Hall–Kier alpha value is -6.68. The number of fused-ring (bicyclic) bond motifs is 4. The fourth-order valence-electron chi connectivity index (χ4n) is 7.50. The Labute approximate surface area is 312 Å². The molecule has 10 rings (SSSR count). The highest BCUT2D eigenvalue weighted by Gasteiger charge is 2.17. The molecule has 0 saturated heterocycles. The van der Waals surface area contributed by atoms with Crippen molar-refractivity contribution < 1.29 is 0 Å². The Bertz CT molecular complexity index is 2920. The van der Waals surface area contributed by atoms with Gasteiger partial charge in [-0.05, 0) is 80.6 Å². The van der Waals surface area contributed by atoms with Crippen LogP contribution in [-0.4, -0.2) is 9.97 Å². The van der Waals surface area contributed by atoms with Gasteiger partial charge in [-0.25, -0.2) is 9.97 Å². The molecule has 0 unspecified atom stereocenters. The third-order valence-electron chi connectivity index (χ3n) is 10.1. The normalized spacial score (nSPS) is 11.4. The van der Waals surface area contributed by atoms with Gasteiger partial charge in [0.15, 0.2) is 5.82 Å². The van der Waals surface area contributed by atoms with Crippen molar-refractivity contribution in [1.82, 2.24) is 9.97 Å². The highest BCUT2D eigenvalue weighted by molar-refractivity contribution is 7.25. The highest BCUT2D eigenvalue weighted by atomic mass is 32.1. The van der Waals surface area contributed by atoms with Gasteiger partial charge >= 0.3 is 0 Å². The van der Waals surface area contributed by atoms with Crippen LogP contribution in [0.25, 0.3) is 98.2 Å². The fraction of sp³-hybridized carbons (Fsp3) is 0. The number of aromatic nitrogens is 2. The molecule has 2 nitrogen and oxygen atoms in total. The average Bonchev–Trinajstić information content (AvgIpc) is 3.63. The summed E-state index contributed by atoms with van der Waals surface area (Å²) in [5, 5.41) is 5.03.